The first kappa shape index (κ1) is 16.2. The Labute approximate surface area is 119 Å². The first-order valence-electron chi connectivity index (χ1n) is 6.83. The molecule has 1 aromatic carbocycles. The Morgan fingerprint density at radius 3 is 2.60 bits per heavy atom. The maximum atomic E-state index is 11.2. The molecule has 112 valence electrons. The summed E-state index contributed by atoms with van der Waals surface area (Å²) in [6.07, 6.45) is 0.910. The molecule has 0 aliphatic carbocycles. The highest BCUT2D eigenvalue weighted by Crippen LogP contribution is 2.36. The van der Waals surface area contributed by atoms with Gasteiger partial charge in [-0.1, -0.05) is 13.0 Å². The third-order valence-electron chi connectivity index (χ3n) is 2.47. The SMILES string of the molecule is CCCNCCOc1cccc(OC(C)C)c1[N+](=O)[O-]. The van der Waals surface area contributed by atoms with E-state index in [4.69, 9.17) is 9.47 Å². The molecular formula is C14H22N2O4. The standard InChI is InChI=1S/C14H22N2O4/c1-4-8-15-9-10-19-12-6-5-7-13(20-11(2)3)14(12)16(17)18/h5-7,11,15H,4,8-10H2,1-3H3. The molecule has 6 nitrogen and oxygen atoms in total. The smallest absolute Gasteiger partial charge is 0.352 e. The van der Waals surface area contributed by atoms with Crippen molar-refractivity contribution in [1.29, 1.82) is 0 Å². The Kier molecular flexibility index (Phi) is 6.79. The summed E-state index contributed by atoms with van der Waals surface area (Å²) in [6.45, 7) is 7.66. The number of hydrogen-bond acceptors (Lipinski definition) is 5. The lowest BCUT2D eigenvalue weighted by atomic mass is 10.2. The van der Waals surface area contributed by atoms with Crippen molar-refractivity contribution < 1.29 is 14.4 Å². The minimum absolute atomic E-state index is 0.114. The van der Waals surface area contributed by atoms with Crippen LogP contribution >= 0.6 is 0 Å². The van der Waals surface area contributed by atoms with Crippen LogP contribution in [0.3, 0.4) is 0 Å². The minimum Gasteiger partial charge on any atom is -0.485 e. The van der Waals surface area contributed by atoms with Crippen molar-refractivity contribution in [1.82, 2.24) is 5.32 Å². The molecule has 0 spiro atoms. The topological polar surface area (TPSA) is 73.6 Å². The number of nitro benzene ring substituents is 1. The molecule has 0 radical (unpaired) electrons. The lowest BCUT2D eigenvalue weighted by Crippen LogP contribution is -2.21. The first-order chi connectivity index (χ1) is 9.56. The Morgan fingerprint density at radius 1 is 1.30 bits per heavy atom. The van der Waals surface area contributed by atoms with Gasteiger partial charge in [-0.15, -0.1) is 0 Å². The van der Waals surface area contributed by atoms with Crippen LogP contribution in [0.5, 0.6) is 11.5 Å². The molecule has 0 saturated heterocycles. The molecule has 6 heteroatoms. The molecule has 0 saturated carbocycles. The van der Waals surface area contributed by atoms with E-state index in [1.54, 1.807) is 18.2 Å². The summed E-state index contributed by atoms with van der Waals surface area (Å²) >= 11 is 0. The average Bonchev–Trinajstić information content (AvgIpc) is 2.37. The molecule has 1 aromatic rings. The number of rotatable bonds is 9. The molecule has 0 amide bonds. The van der Waals surface area contributed by atoms with Gasteiger partial charge in [-0.2, -0.15) is 0 Å². The first-order valence-corrected chi connectivity index (χ1v) is 6.83. The predicted molar refractivity (Wildman–Crippen MR) is 77.5 cm³/mol. The molecule has 1 rings (SSSR count). The third kappa shape index (κ3) is 5.05. The normalized spacial score (nSPS) is 10.6. The molecule has 1 N–H and O–H groups in total. The van der Waals surface area contributed by atoms with E-state index in [1.807, 2.05) is 13.8 Å². The van der Waals surface area contributed by atoms with Crippen LogP contribution in [0, 0.1) is 10.1 Å². The molecule has 0 heterocycles. The van der Waals surface area contributed by atoms with Crippen LogP contribution in [-0.4, -0.2) is 30.7 Å². The second kappa shape index (κ2) is 8.37. The van der Waals surface area contributed by atoms with Gasteiger partial charge in [-0.25, -0.2) is 0 Å². The molecule has 0 unspecified atom stereocenters. The molecule has 0 fully saturated rings. The van der Waals surface area contributed by atoms with Crippen molar-refractivity contribution in [3.8, 4) is 11.5 Å². The van der Waals surface area contributed by atoms with Crippen molar-refractivity contribution in [2.45, 2.75) is 33.3 Å². The molecular weight excluding hydrogens is 260 g/mol. The van der Waals surface area contributed by atoms with E-state index < -0.39 is 4.92 Å². The molecule has 0 aromatic heterocycles. The summed E-state index contributed by atoms with van der Waals surface area (Å²) in [5.41, 5.74) is -0.114. The maximum absolute atomic E-state index is 11.2. The van der Waals surface area contributed by atoms with Crippen molar-refractivity contribution in [3.63, 3.8) is 0 Å². The minimum atomic E-state index is -0.466. The fraction of sp³-hybridized carbons (Fsp3) is 0.571. The predicted octanol–water partition coefficient (Wildman–Crippen LogP) is 2.76. The van der Waals surface area contributed by atoms with E-state index in [-0.39, 0.29) is 23.3 Å². The summed E-state index contributed by atoms with van der Waals surface area (Å²) in [5.74, 6) is 0.482. The van der Waals surface area contributed by atoms with Crippen molar-refractivity contribution in [2.24, 2.45) is 0 Å². The molecule has 0 bridgehead atoms. The van der Waals surface area contributed by atoms with Gasteiger partial charge in [-0.05, 0) is 38.9 Å². The highest BCUT2D eigenvalue weighted by Gasteiger charge is 2.22. The van der Waals surface area contributed by atoms with Crippen molar-refractivity contribution in [3.05, 3.63) is 28.3 Å². The van der Waals surface area contributed by atoms with Crippen LogP contribution in [0.4, 0.5) is 5.69 Å². The summed E-state index contributed by atoms with van der Waals surface area (Å²) in [4.78, 5) is 10.7. The number of nitro groups is 1. The lowest BCUT2D eigenvalue weighted by Gasteiger charge is -2.12. The fourth-order valence-electron chi connectivity index (χ4n) is 1.68. The number of nitrogens with zero attached hydrogens (tertiary/aromatic N) is 1. The number of benzene rings is 1. The van der Waals surface area contributed by atoms with Gasteiger partial charge in [0, 0.05) is 6.54 Å². The highest BCUT2D eigenvalue weighted by atomic mass is 16.6. The highest BCUT2D eigenvalue weighted by molar-refractivity contribution is 5.57. The van der Waals surface area contributed by atoms with Crippen LogP contribution in [0.2, 0.25) is 0 Å². The van der Waals surface area contributed by atoms with Gasteiger partial charge >= 0.3 is 5.69 Å². The van der Waals surface area contributed by atoms with Crippen LogP contribution < -0.4 is 14.8 Å². The maximum Gasteiger partial charge on any atom is 0.352 e. The lowest BCUT2D eigenvalue weighted by molar-refractivity contribution is -0.387. The molecule has 0 aliphatic heterocycles. The second-order valence-electron chi connectivity index (χ2n) is 4.63. The Balaban J connectivity index is 2.76. The summed E-state index contributed by atoms with van der Waals surface area (Å²) in [6, 6.07) is 4.87. The number of hydrogen-bond donors (Lipinski definition) is 1. The summed E-state index contributed by atoms with van der Waals surface area (Å²) in [5, 5.41) is 14.4. The monoisotopic (exact) mass is 282 g/mol. The van der Waals surface area contributed by atoms with Crippen molar-refractivity contribution >= 4 is 5.69 Å². The van der Waals surface area contributed by atoms with Crippen LogP contribution in [0.25, 0.3) is 0 Å². The summed E-state index contributed by atoms with van der Waals surface area (Å²) < 4.78 is 10.9. The van der Waals surface area contributed by atoms with Gasteiger partial charge in [0.25, 0.3) is 0 Å². The third-order valence-corrected chi connectivity index (χ3v) is 2.47. The quantitative estimate of drug-likeness (QED) is 0.428. The Hall–Kier alpha value is -1.82. The fourth-order valence-corrected chi connectivity index (χ4v) is 1.68. The molecule has 0 aliphatic rings. The van der Waals surface area contributed by atoms with Gasteiger partial charge in [-0.3, -0.25) is 10.1 Å². The zero-order chi connectivity index (χ0) is 15.0. The van der Waals surface area contributed by atoms with Gasteiger partial charge < -0.3 is 14.8 Å². The van der Waals surface area contributed by atoms with E-state index in [2.05, 4.69) is 12.2 Å². The van der Waals surface area contributed by atoms with Gasteiger partial charge in [0.2, 0.25) is 11.5 Å². The van der Waals surface area contributed by atoms with Gasteiger partial charge in [0.05, 0.1) is 11.0 Å². The van der Waals surface area contributed by atoms with E-state index in [9.17, 15) is 10.1 Å². The van der Waals surface area contributed by atoms with Gasteiger partial charge in [0.15, 0.2) is 0 Å². The van der Waals surface area contributed by atoms with Gasteiger partial charge in [0.1, 0.15) is 6.61 Å². The van der Waals surface area contributed by atoms with E-state index in [1.165, 1.54) is 0 Å². The zero-order valence-electron chi connectivity index (χ0n) is 12.2. The van der Waals surface area contributed by atoms with E-state index >= 15 is 0 Å². The summed E-state index contributed by atoms with van der Waals surface area (Å²) in [7, 11) is 0. The van der Waals surface area contributed by atoms with Crippen LogP contribution in [0.1, 0.15) is 27.2 Å². The molecule has 20 heavy (non-hydrogen) atoms. The largest absolute Gasteiger partial charge is 0.485 e. The number of para-hydroxylation sites is 1. The Morgan fingerprint density at radius 2 is 2.00 bits per heavy atom. The van der Waals surface area contributed by atoms with Crippen LogP contribution in [-0.2, 0) is 0 Å². The average molecular weight is 282 g/mol. The van der Waals surface area contributed by atoms with Crippen molar-refractivity contribution in [2.75, 3.05) is 19.7 Å². The number of ether oxygens (including phenoxy) is 2. The van der Waals surface area contributed by atoms with E-state index in [0.717, 1.165) is 13.0 Å². The Bertz CT molecular complexity index is 435. The van der Waals surface area contributed by atoms with Crippen LogP contribution in [0.15, 0.2) is 18.2 Å². The molecule has 0 atom stereocenters. The second-order valence-corrected chi connectivity index (χ2v) is 4.63. The zero-order valence-corrected chi connectivity index (χ0v) is 12.2. The van der Waals surface area contributed by atoms with E-state index in [0.29, 0.717) is 13.2 Å². The number of nitrogens with one attached hydrogen (secondary N) is 1.